The molecule has 0 radical (unpaired) electrons. The van der Waals surface area contributed by atoms with Gasteiger partial charge in [0, 0.05) is 17.5 Å². The Balaban J connectivity index is 1.82. The topological polar surface area (TPSA) is 92.3 Å². The van der Waals surface area contributed by atoms with Crippen molar-refractivity contribution in [1.82, 2.24) is 9.58 Å². The highest BCUT2D eigenvalue weighted by atomic mass is 32.2. The smallest absolute Gasteiger partial charge is 0.283 e. The molecule has 2 aliphatic rings. The van der Waals surface area contributed by atoms with Crippen molar-refractivity contribution in [1.29, 1.82) is 5.41 Å². The zero-order valence-corrected chi connectivity index (χ0v) is 17.2. The molecule has 1 aromatic heterocycles. The molecule has 2 aliphatic heterocycles. The molecule has 2 aromatic rings. The van der Waals surface area contributed by atoms with Gasteiger partial charge in [0.1, 0.15) is 11.5 Å². The lowest BCUT2D eigenvalue weighted by Crippen LogP contribution is -2.35. The van der Waals surface area contributed by atoms with E-state index in [4.69, 9.17) is 14.9 Å². The van der Waals surface area contributed by atoms with Crippen LogP contribution in [0.3, 0.4) is 0 Å². The van der Waals surface area contributed by atoms with Gasteiger partial charge in [-0.05, 0) is 55.4 Å². The van der Waals surface area contributed by atoms with Crippen molar-refractivity contribution >= 4 is 40.3 Å². The van der Waals surface area contributed by atoms with Gasteiger partial charge in [-0.15, -0.1) is 0 Å². The number of rotatable bonds is 4. The second-order valence-corrected chi connectivity index (χ2v) is 7.27. The monoisotopic (exact) mass is 409 g/mol. The highest BCUT2D eigenvalue weighted by Crippen LogP contribution is 2.33. The molecule has 0 atom stereocenters. The van der Waals surface area contributed by atoms with Crippen molar-refractivity contribution in [2.75, 3.05) is 14.2 Å². The molecule has 148 valence electrons. The number of ether oxygens (including phenoxy) is 2. The van der Waals surface area contributed by atoms with Gasteiger partial charge in [-0.2, -0.15) is 15.1 Å². The van der Waals surface area contributed by atoms with Crippen LogP contribution in [0.15, 0.2) is 39.9 Å². The zero-order chi connectivity index (χ0) is 20.7. The summed E-state index contributed by atoms with van der Waals surface area (Å²) in [4.78, 5) is 16.5. The van der Waals surface area contributed by atoms with Crippen LogP contribution >= 0.6 is 11.8 Å². The molecule has 29 heavy (non-hydrogen) atoms. The predicted octanol–water partition coefficient (Wildman–Crippen LogP) is 3.36. The number of carbonyl (C=O) groups is 1. The molecule has 0 aliphatic carbocycles. The van der Waals surface area contributed by atoms with Gasteiger partial charge in [0.25, 0.3) is 5.91 Å². The van der Waals surface area contributed by atoms with Gasteiger partial charge in [0.15, 0.2) is 11.0 Å². The van der Waals surface area contributed by atoms with Crippen molar-refractivity contribution in [3.05, 3.63) is 46.8 Å². The van der Waals surface area contributed by atoms with Crippen LogP contribution in [0.4, 0.5) is 0 Å². The first-order valence-corrected chi connectivity index (χ1v) is 9.66. The number of benzene rings is 1. The Bertz CT molecular complexity index is 1130. The second-order valence-electron chi connectivity index (χ2n) is 6.46. The van der Waals surface area contributed by atoms with Crippen molar-refractivity contribution < 1.29 is 14.3 Å². The van der Waals surface area contributed by atoms with E-state index in [2.05, 4.69) is 10.1 Å². The number of aliphatic imine (C=N–C) groups is 1. The Morgan fingerprint density at radius 2 is 1.97 bits per heavy atom. The maximum Gasteiger partial charge on any atom is 0.283 e. The van der Waals surface area contributed by atoms with E-state index in [0.717, 1.165) is 22.6 Å². The Hall–Kier alpha value is -3.33. The number of carbonyl (C=O) groups excluding carboxylic acids is 1. The van der Waals surface area contributed by atoms with Gasteiger partial charge in [-0.25, -0.2) is 0 Å². The number of hydrazone groups is 1. The normalized spacial score (nSPS) is 17.0. The molecular weight excluding hydrogens is 390 g/mol. The third kappa shape index (κ3) is 3.13. The number of hydrogen-bond donors (Lipinski definition) is 1. The second kappa shape index (κ2) is 7.25. The number of aryl methyl sites for hydroxylation is 1. The summed E-state index contributed by atoms with van der Waals surface area (Å²) in [7, 11) is 3.24. The quantitative estimate of drug-likeness (QED) is 0.782. The summed E-state index contributed by atoms with van der Waals surface area (Å²) in [5.74, 6) is 0.989. The van der Waals surface area contributed by atoms with Crippen molar-refractivity contribution in [3.63, 3.8) is 0 Å². The minimum atomic E-state index is -0.442. The summed E-state index contributed by atoms with van der Waals surface area (Å²) in [5, 5.41) is 14.2. The number of thioether (sulfide) groups is 1. The zero-order valence-electron chi connectivity index (χ0n) is 16.4. The summed E-state index contributed by atoms with van der Waals surface area (Å²) >= 11 is 1.22. The molecular formula is C20H19N5O3S. The molecule has 8 nitrogen and oxygen atoms in total. The Morgan fingerprint density at radius 3 is 2.69 bits per heavy atom. The van der Waals surface area contributed by atoms with E-state index >= 15 is 0 Å². The van der Waals surface area contributed by atoms with Gasteiger partial charge in [0.05, 0.1) is 31.0 Å². The first kappa shape index (κ1) is 19.0. The average molecular weight is 409 g/mol. The van der Waals surface area contributed by atoms with E-state index in [0.29, 0.717) is 16.7 Å². The lowest BCUT2D eigenvalue weighted by atomic mass is 10.1. The lowest BCUT2D eigenvalue weighted by molar-refractivity contribution is -0.114. The van der Waals surface area contributed by atoms with Crippen LogP contribution in [-0.4, -0.2) is 46.3 Å². The van der Waals surface area contributed by atoms with Gasteiger partial charge in [-0.1, -0.05) is 0 Å². The lowest BCUT2D eigenvalue weighted by Gasteiger charge is -2.20. The molecule has 9 heteroatoms. The van der Waals surface area contributed by atoms with Crippen LogP contribution in [0, 0.1) is 19.3 Å². The summed E-state index contributed by atoms with van der Waals surface area (Å²) in [6.07, 6.45) is 1.69. The molecule has 0 bridgehead atoms. The molecule has 1 aromatic carbocycles. The van der Waals surface area contributed by atoms with Crippen LogP contribution < -0.4 is 9.47 Å². The summed E-state index contributed by atoms with van der Waals surface area (Å²) < 4.78 is 12.9. The molecule has 0 fully saturated rings. The van der Waals surface area contributed by atoms with E-state index in [1.54, 1.807) is 25.8 Å². The van der Waals surface area contributed by atoms with Crippen molar-refractivity contribution in [2.45, 2.75) is 13.8 Å². The predicted molar refractivity (Wildman–Crippen MR) is 114 cm³/mol. The standard InChI is InChI=1S/C20H19N5O3S/c1-11-7-13(8-15-18(21)25-20(23-19(15)26)29-10-22-25)12(2)24(11)16-9-14(27-3)5-6-17(16)28-4/h5-10,21H,1-4H3. The van der Waals surface area contributed by atoms with Crippen LogP contribution in [0.2, 0.25) is 0 Å². The fourth-order valence-corrected chi connectivity index (χ4v) is 3.98. The molecule has 0 unspecified atom stereocenters. The summed E-state index contributed by atoms with van der Waals surface area (Å²) in [6.45, 7) is 3.92. The number of amides is 1. The maximum atomic E-state index is 12.5. The van der Waals surface area contributed by atoms with Gasteiger partial charge in [0.2, 0.25) is 0 Å². The number of methoxy groups -OCH3 is 2. The van der Waals surface area contributed by atoms with E-state index in [-0.39, 0.29) is 11.4 Å². The fourth-order valence-electron chi connectivity index (χ4n) is 3.37. The van der Waals surface area contributed by atoms with E-state index < -0.39 is 5.91 Å². The summed E-state index contributed by atoms with van der Waals surface area (Å²) in [5.41, 5.74) is 5.26. The minimum Gasteiger partial charge on any atom is -0.497 e. The van der Waals surface area contributed by atoms with Gasteiger partial charge < -0.3 is 14.0 Å². The summed E-state index contributed by atoms with van der Waals surface area (Å²) in [6, 6.07) is 7.55. The van der Waals surface area contributed by atoms with E-state index in [9.17, 15) is 4.79 Å². The highest BCUT2D eigenvalue weighted by molar-refractivity contribution is 8.25. The van der Waals surface area contributed by atoms with E-state index in [1.165, 1.54) is 16.8 Å². The van der Waals surface area contributed by atoms with E-state index in [1.807, 2.05) is 42.7 Å². The fraction of sp³-hybridized carbons (Fsp3) is 0.200. The number of fused-ring (bicyclic) bond motifs is 1. The molecule has 0 saturated heterocycles. The largest absolute Gasteiger partial charge is 0.497 e. The first-order valence-electron chi connectivity index (χ1n) is 8.78. The number of amidine groups is 2. The molecule has 0 saturated carbocycles. The third-order valence-electron chi connectivity index (χ3n) is 4.79. The number of nitrogens with zero attached hydrogens (tertiary/aromatic N) is 4. The Kier molecular flexibility index (Phi) is 4.75. The number of hydrogen-bond acceptors (Lipinski definition) is 6. The number of aromatic nitrogens is 1. The molecule has 3 heterocycles. The molecule has 4 rings (SSSR count). The van der Waals surface area contributed by atoms with Gasteiger partial charge >= 0.3 is 0 Å². The van der Waals surface area contributed by atoms with Crippen LogP contribution in [0.1, 0.15) is 17.0 Å². The maximum absolute atomic E-state index is 12.5. The SMILES string of the molecule is COc1ccc(OC)c(-n2c(C)cc(C=C3C(=N)N4N=CSC4=NC3=O)c2C)c1. The van der Waals surface area contributed by atoms with Crippen molar-refractivity contribution in [2.24, 2.45) is 10.1 Å². The molecule has 1 N–H and O–H groups in total. The van der Waals surface area contributed by atoms with Crippen molar-refractivity contribution in [3.8, 4) is 17.2 Å². The number of nitrogens with one attached hydrogen (secondary N) is 1. The average Bonchev–Trinajstić information content (AvgIpc) is 3.28. The first-order chi connectivity index (χ1) is 13.9. The van der Waals surface area contributed by atoms with Crippen LogP contribution in [0.5, 0.6) is 11.5 Å². The Labute approximate surface area is 172 Å². The Morgan fingerprint density at radius 1 is 1.17 bits per heavy atom. The third-order valence-corrected chi connectivity index (χ3v) is 5.47. The van der Waals surface area contributed by atoms with Crippen LogP contribution in [0.25, 0.3) is 11.8 Å². The molecule has 1 amide bonds. The van der Waals surface area contributed by atoms with Gasteiger partial charge in [-0.3, -0.25) is 10.2 Å². The highest BCUT2D eigenvalue weighted by Gasteiger charge is 2.32. The minimum absolute atomic E-state index is 0.0185. The van der Waals surface area contributed by atoms with Crippen LogP contribution in [-0.2, 0) is 4.79 Å². The molecule has 0 spiro atoms.